The van der Waals surface area contributed by atoms with Gasteiger partial charge in [0.05, 0.1) is 0 Å². The summed E-state index contributed by atoms with van der Waals surface area (Å²) in [5.41, 5.74) is 0.528. The predicted molar refractivity (Wildman–Crippen MR) is 86.1 cm³/mol. The minimum absolute atomic E-state index is 0.0383. The zero-order chi connectivity index (χ0) is 15.4. The van der Waals surface area contributed by atoms with Crippen molar-refractivity contribution in [2.24, 2.45) is 0 Å². The number of carbonyl (C=O) groups excluding carboxylic acids is 1. The molecule has 2 aliphatic rings. The quantitative estimate of drug-likeness (QED) is 0.841. The second-order valence-electron chi connectivity index (χ2n) is 6.02. The van der Waals surface area contributed by atoms with E-state index in [0.29, 0.717) is 11.6 Å². The molecule has 2 fully saturated rings. The molecule has 0 spiro atoms. The molecular formula is C16H25N5O. The fraction of sp³-hybridized carbons (Fsp3) is 0.688. The molecular weight excluding hydrogens is 278 g/mol. The van der Waals surface area contributed by atoms with Crippen molar-refractivity contribution in [1.82, 2.24) is 19.8 Å². The molecule has 22 heavy (non-hydrogen) atoms. The normalized spacial score (nSPS) is 20.2. The maximum Gasteiger partial charge on any atom is 0.272 e. The fourth-order valence-corrected chi connectivity index (χ4v) is 3.14. The van der Waals surface area contributed by atoms with Crippen molar-refractivity contribution in [2.45, 2.75) is 26.2 Å². The number of nitrogens with zero attached hydrogens (tertiary/aromatic N) is 5. The first-order valence-corrected chi connectivity index (χ1v) is 8.37. The summed E-state index contributed by atoms with van der Waals surface area (Å²) in [4.78, 5) is 28.0. The lowest BCUT2D eigenvalue weighted by atomic mass is 10.1. The van der Waals surface area contributed by atoms with Gasteiger partial charge < -0.3 is 14.7 Å². The third-order valence-corrected chi connectivity index (χ3v) is 4.61. The van der Waals surface area contributed by atoms with Gasteiger partial charge in [0.1, 0.15) is 5.69 Å². The Morgan fingerprint density at radius 1 is 1.09 bits per heavy atom. The Hall–Kier alpha value is -1.69. The van der Waals surface area contributed by atoms with Crippen molar-refractivity contribution in [3.8, 4) is 0 Å². The van der Waals surface area contributed by atoms with Gasteiger partial charge in [0.2, 0.25) is 5.95 Å². The third-order valence-electron chi connectivity index (χ3n) is 4.61. The van der Waals surface area contributed by atoms with E-state index in [2.05, 4.69) is 26.7 Å². The largest absolute Gasteiger partial charge is 0.341 e. The van der Waals surface area contributed by atoms with E-state index in [0.717, 1.165) is 45.8 Å². The van der Waals surface area contributed by atoms with Crippen molar-refractivity contribution in [2.75, 3.05) is 50.7 Å². The van der Waals surface area contributed by atoms with Crippen molar-refractivity contribution < 1.29 is 4.79 Å². The van der Waals surface area contributed by atoms with E-state index in [1.165, 1.54) is 19.3 Å². The number of anilines is 1. The van der Waals surface area contributed by atoms with Crippen LogP contribution in [0.1, 0.15) is 36.7 Å². The van der Waals surface area contributed by atoms with Crippen LogP contribution in [-0.4, -0.2) is 71.5 Å². The van der Waals surface area contributed by atoms with Gasteiger partial charge in [0, 0.05) is 45.5 Å². The Kier molecular flexibility index (Phi) is 4.87. The average molecular weight is 303 g/mol. The minimum Gasteiger partial charge on any atom is -0.341 e. The van der Waals surface area contributed by atoms with Crippen molar-refractivity contribution in [3.05, 3.63) is 18.0 Å². The van der Waals surface area contributed by atoms with Crippen molar-refractivity contribution in [3.63, 3.8) is 0 Å². The van der Waals surface area contributed by atoms with Gasteiger partial charge in [-0.2, -0.15) is 0 Å². The van der Waals surface area contributed by atoms with E-state index in [4.69, 9.17) is 0 Å². The Bertz CT molecular complexity index is 507. The lowest BCUT2D eigenvalue weighted by Gasteiger charge is -2.34. The van der Waals surface area contributed by atoms with Crippen LogP contribution in [0.25, 0.3) is 0 Å². The lowest BCUT2D eigenvalue weighted by molar-refractivity contribution is 0.0637. The van der Waals surface area contributed by atoms with E-state index in [-0.39, 0.29) is 5.91 Å². The fourth-order valence-electron chi connectivity index (χ4n) is 3.14. The van der Waals surface area contributed by atoms with Crippen LogP contribution >= 0.6 is 0 Å². The highest BCUT2D eigenvalue weighted by Gasteiger charge is 2.23. The molecule has 6 nitrogen and oxygen atoms in total. The van der Waals surface area contributed by atoms with Crippen LogP contribution in [-0.2, 0) is 0 Å². The zero-order valence-electron chi connectivity index (χ0n) is 13.4. The van der Waals surface area contributed by atoms with Gasteiger partial charge in [0.15, 0.2) is 0 Å². The molecule has 2 aliphatic heterocycles. The number of hydrogen-bond donors (Lipinski definition) is 0. The summed E-state index contributed by atoms with van der Waals surface area (Å²) in [5, 5.41) is 0. The second kappa shape index (κ2) is 7.05. The van der Waals surface area contributed by atoms with Gasteiger partial charge in [-0.1, -0.05) is 6.92 Å². The summed E-state index contributed by atoms with van der Waals surface area (Å²) in [6.07, 6.45) is 5.35. The molecule has 1 aromatic rings. The first kappa shape index (κ1) is 15.2. The van der Waals surface area contributed by atoms with Gasteiger partial charge in [-0.15, -0.1) is 0 Å². The van der Waals surface area contributed by atoms with Crippen LogP contribution in [0.3, 0.4) is 0 Å². The SMILES string of the molecule is CCN1CCN(C(=O)c2ccnc(N3CCCCC3)n2)CC1. The van der Waals surface area contributed by atoms with Gasteiger partial charge >= 0.3 is 0 Å². The van der Waals surface area contributed by atoms with Crippen LogP contribution in [0.4, 0.5) is 5.95 Å². The average Bonchev–Trinajstić information content (AvgIpc) is 2.62. The summed E-state index contributed by atoms with van der Waals surface area (Å²) in [6.45, 7) is 8.67. The molecule has 0 unspecified atom stereocenters. The van der Waals surface area contributed by atoms with Crippen molar-refractivity contribution in [1.29, 1.82) is 0 Å². The molecule has 0 N–H and O–H groups in total. The highest BCUT2D eigenvalue weighted by molar-refractivity contribution is 5.92. The monoisotopic (exact) mass is 303 g/mol. The zero-order valence-corrected chi connectivity index (χ0v) is 13.4. The highest BCUT2D eigenvalue weighted by atomic mass is 16.2. The summed E-state index contributed by atoms with van der Waals surface area (Å²) in [6, 6.07) is 1.74. The smallest absolute Gasteiger partial charge is 0.272 e. The lowest BCUT2D eigenvalue weighted by Crippen LogP contribution is -2.48. The van der Waals surface area contributed by atoms with Gasteiger partial charge in [0.25, 0.3) is 5.91 Å². The van der Waals surface area contributed by atoms with E-state index in [9.17, 15) is 4.79 Å². The number of hydrogen-bond acceptors (Lipinski definition) is 5. The second-order valence-corrected chi connectivity index (χ2v) is 6.02. The molecule has 0 bridgehead atoms. The Morgan fingerprint density at radius 2 is 1.82 bits per heavy atom. The highest BCUT2D eigenvalue weighted by Crippen LogP contribution is 2.16. The number of carbonyl (C=O) groups is 1. The number of aromatic nitrogens is 2. The molecule has 3 rings (SSSR count). The van der Waals surface area contributed by atoms with Gasteiger partial charge in [-0.25, -0.2) is 9.97 Å². The van der Waals surface area contributed by atoms with Crippen LogP contribution in [0.15, 0.2) is 12.3 Å². The molecule has 0 aliphatic carbocycles. The topological polar surface area (TPSA) is 52.6 Å². The summed E-state index contributed by atoms with van der Waals surface area (Å²) in [5.74, 6) is 0.745. The van der Waals surface area contributed by atoms with Crippen LogP contribution in [0.2, 0.25) is 0 Å². The number of piperazine rings is 1. The molecule has 6 heteroatoms. The van der Waals surface area contributed by atoms with Crippen LogP contribution in [0.5, 0.6) is 0 Å². The predicted octanol–water partition coefficient (Wildman–Crippen LogP) is 1.24. The summed E-state index contributed by atoms with van der Waals surface area (Å²) in [7, 11) is 0. The standard InChI is InChI=1S/C16H25N5O/c1-2-19-10-12-20(13-11-19)15(22)14-6-7-17-16(18-14)21-8-4-3-5-9-21/h6-7H,2-5,8-13H2,1H3. The number of likely N-dealkylation sites (N-methyl/N-ethyl adjacent to an activating group) is 1. The Morgan fingerprint density at radius 3 is 2.50 bits per heavy atom. The molecule has 0 saturated carbocycles. The Labute approximate surface area is 132 Å². The number of piperidine rings is 1. The van der Waals surface area contributed by atoms with Crippen LogP contribution in [0, 0.1) is 0 Å². The summed E-state index contributed by atoms with van der Waals surface area (Å²) >= 11 is 0. The van der Waals surface area contributed by atoms with E-state index in [1.807, 2.05) is 4.90 Å². The minimum atomic E-state index is 0.0383. The first-order valence-electron chi connectivity index (χ1n) is 8.37. The molecule has 1 aromatic heterocycles. The van der Waals surface area contributed by atoms with E-state index < -0.39 is 0 Å². The third kappa shape index (κ3) is 3.38. The molecule has 0 aromatic carbocycles. The summed E-state index contributed by atoms with van der Waals surface area (Å²) < 4.78 is 0. The molecule has 120 valence electrons. The van der Waals surface area contributed by atoms with E-state index >= 15 is 0 Å². The molecule has 3 heterocycles. The maximum atomic E-state index is 12.6. The van der Waals surface area contributed by atoms with E-state index in [1.54, 1.807) is 12.3 Å². The molecule has 2 saturated heterocycles. The van der Waals surface area contributed by atoms with Crippen LogP contribution < -0.4 is 4.90 Å². The van der Waals surface area contributed by atoms with Crippen molar-refractivity contribution >= 4 is 11.9 Å². The molecule has 1 amide bonds. The molecule has 0 atom stereocenters. The number of rotatable bonds is 3. The molecule has 0 radical (unpaired) electrons. The van der Waals surface area contributed by atoms with Gasteiger partial charge in [-0.3, -0.25) is 4.79 Å². The Balaban J connectivity index is 1.67. The van der Waals surface area contributed by atoms with Gasteiger partial charge in [-0.05, 0) is 31.9 Å². The first-order chi connectivity index (χ1) is 10.8. The number of amides is 1. The maximum absolute atomic E-state index is 12.6.